The molecule has 6 nitrogen and oxygen atoms in total. The van der Waals surface area contributed by atoms with E-state index in [1.54, 1.807) is 23.5 Å². The van der Waals surface area contributed by atoms with Crippen LogP contribution in [0.15, 0.2) is 42.9 Å². The predicted molar refractivity (Wildman–Crippen MR) is 84.3 cm³/mol. The van der Waals surface area contributed by atoms with E-state index in [9.17, 15) is 4.79 Å². The first-order chi connectivity index (χ1) is 11.2. The van der Waals surface area contributed by atoms with Gasteiger partial charge in [0.2, 0.25) is 5.88 Å². The van der Waals surface area contributed by atoms with Crippen molar-refractivity contribution in [1.82, 2.24) is 14.9 Å². The lowest BCUT2D eigenvalue weighted by molar-refractivity contribution is -0.132. The number of carbonyl (C=O) groups excluding carboxylic acids is 1. The molecule has 0 spiro atoms. The summed E-state index contributed by atoms with van der Waals surface area (Å²) in [5, 5.41) is 0. The van der Waals surface area contributed by atoms with Gasteiger partial charge in [-0.3, -0.25) is 9.78 Å². The Hall–Kier alpha value is -2.63. The summed E-state index contributed by atoms with van der Waals surface area (Å²) >= 11 is 0. The normalized spacial score (nSPS) is 17.1. The van der Waals surface area contributed by atoms with Crippen molar-refractivity contribution in [1.29, 1.82) is 0 Å². The zero-order valence-corrected chi connectivity index (χ0v) is 13.0. The van der Waals surface area contributed by atoms with Crippen LogP contribution in [0.25, 0.3) is 0 Å². The summed E-state index contributed by atoms with van der Waals surface area (Å²) < 4.78 is 11.3. The molecule has 1 aliphatic rings. The van der Waals surface area contributed by atoms with Gasteiger partial charge < -0.3 is 14.4 Å². The van der Waals surface area contributed by atoms with Gasteiger partial charge in [-0.1, -0.05) is 12.1 Å². The maximum Gasteiger partial charge on any atom is 0.260 e. The van der Waals surface area contributed by atoms with E-state index in [-0.39, 0.29) is 18.6 Å². The number of rotatable bonds is 5. The van der Waals surface area contributed by atoms with Gasteiger partial charge in [0.05, 0.1) is 12.7 Å². The van der Waals surface area contributed by atoms with Crippen LogP contribution in [0, 0.1) is 6.92 Å². The van der Waals surface area contributed by atoms with Crippen molar-refractivity contribution in [3.8, 4) is 11.6 Å². The van der Waals surface area contributed by atoms with Crippen molar-refractivity contribution < 1.29 is 14.3 Å². The smallest absolute Gasteiger partial charge is 0.260 e. The minimum atomic E-state index is -0.0466. The van der Waals surface area contributed by atoms with Gasteiger partial charge in [0.15, 0.2) is 6.61 Å². The molecule has 2 heterocycles. The Bertz CT molecular complexity index is 663. The number of hydrogen-bond donors (Lipinski definition) is 0. The molecule has 1 saturated heterocycles. The number of nitrogens with zero attached hydrogens (tertiary/aromatic N) is 3. The molecule has 1 aromatic heterocycles. The third kappa shape index (κ3) is 4.18. The Labute approximate surface area is 135 Å². The molecule has 1 atom stereocenters. The number of aryl methyl sites for hydroxylation is 1. The summed E-state index contributed by atoms with van der Waals surface area (Å²) in [5.41, 5.74) is 1.11. The fourth-order valence-electron chi connectivity index (χ4n) is 2.51. The van der Waals surface area contributed by atoms with Crippen molar-refractivity contribution in [2.24, 2.45) is 0 Å². The molecule has 120 valence electrons. The maximum absolute atomic E-state index is 12.2. The van der Waals surface area contributed by atoms with Crippen LogP contribution in [-0.4, -0.2) is 46.6 Å². The highest BCUT2D eigenvalue weighted by molar-refractivity contribution is 5.78. The number of hydrogen-bond acceptors (Lipinski definition) is 5. The van der Waals surface area contributed by atoms with Crippen molar-refractivity contribution in [3.63, 3.8) is 0 Å². The van der Waals surface area contributed by atoms with Gasteiger partial charge in [-0.05, 0) is 24.6 Å². The molecule has 3 rings (SSSR count). The highest BCUT2D eigenvalue weighted by Gasteiger charge is 2.28. The molecular formula is C17H19N3O3. The van der Waals surface area contributed by atoms with E-state index in [1.165, 1.54) is 0 Å². The zero-order valence-electron chi connectivity index (χ0n) is 13.0. The number of amides is 1. The first-order valence-corrected chi connectivity index (χ1v) is 7.60. The molecule has 0 N–H and O–H groups in total. The van der Waals surface area contributed by atoms with E-state index in [2.05, 4.69) is 9.97 Å². The number of likely N-dealkylation sites (tertiary alicyclic amines) is 1. The van der Waals surface area contributed by atoms with Crippen LogP contribution in [-0.2, 0) is 4.79 Å². The molecule has 2 aromatic rings. The average molecular weight is 313 g/mol. The first kappa shape index (κ1) is 15.3. The molecule has 23 heavy (non-hydrogen) atoms. The van der Waals surface area contributed by atoms with Crippen LogP contribution in [0.2, 0.25) is 0 Å². The molecule has 6 heteroatoms. The third-order valence-electron chi connectivity index (χ3n) is 3.68. The minimum absolute atomic E-state index is 0.0308. The van der Waals surface area contributed by atoms with Crippen LogP contribution in [0.5, 0.6) is 11.6 Å². The second-order valence-electron chi connectivity index (χ2n) is 5.52. The van der Waals surface area contributed by atoms with E-state index in [1.807, 2.05) is 31.2 Å². The Morgan fingerprint density at radius 2 is 2.30 bits per heavy atom. The lowest BCUT2D eigenvalue weighted by atomic mass is 10.2. The van der Waals surface area contributed by atoms with Gasteiger partial charge in [-0.25, -0.2) is 4.98 Å². The van der Waals surface area contributed by atoms with Gasteiger partial charge in [0.1, 0.15) is 11.9 Å². The van der Waals surface area contributed by atoms with Crippen molar-refractivity contribution in [2.45, 2.75) is 19.4 Å². The Balaban J connectivity index is 1.47. The average Bonchev–Trinajstić information content (AvgIpc) is 3.02. The van der Waals surface area contributed by atoms with Gasteiger partial charge in [-0.15, -0.1) is 0 Å². The van der Waals surface area contributed by atoms with Gasteiger partial charge in [0.25, 0.3) is 5.91 Å². The summed E-state index contributed by atoms with van der Waals surface area (Å²) in [5.74, 6) is 1.17. The second-order valence-corrected chi connectivity index (χ2v) is 5.52. The fraction of sp³-hybridized carbons (Fsp3) is 0.353. The Morgan fingerprint density at radius 1 is 1.39 bits per heavy atom. The lowest BCUT2D eigenvalue weighted by Gasteiger charge is -2.17. The SMILES string of the molecule is Cc1cccc(OCC(=O)N2CC[C@@H](Oc3cnccn3)C2)c1. The van der Waals surface area contributed by atoms with Crippen molar-refractivity contribution >= 4 is 5.91 Å². The van der Waals surface area contributed by atoms with Gasteiger partial charge >= 0.3 is 0 Å². The van der Waals surface area contributed by atoms with E-state index in [0.717, 1.165) is 12.0 Å². The summed E-state index contributed by atoms with van der Waals surface area (Å²) in [6, 6.07) is 7.67. The van der Waals surface area contributed by atoms with E-state index < -0.39 is 0 Å². The van der Waals surface area contributed by atoms with Gasteiger partial charge in [0, 0.05) is 25.4 Å². The minimum Gasteiger partial charge on any atom is -0.484 e. The second kappa shape index (κ2) is 7.09. The number of carbonyl (C=O) groups is 1. The molecule has 1 amide bonds. The van der Waals surface area contributed by atoms with Crippen LogP contribution in [0.3, 0.4) is 0 Å². The molecule has 0 bridgehead atoms. The standard InChI is InChI=1S/C17H19N3O3/c1-13-3-2-4-14(9-13)22-12-17(21)20-8-5-15(11-20)23-16-10-18-6-7-19-16/h2-4,6-7,9-10,15H,5,8,11-12H2,1H3/t15-/m1/s1. The van der Waals surface area contributed by atoms with Crippen LogP contribution < -0.4 is 9.47 Å². The molecule has 0 saturated carbocycles. The van der Waals surface area contributed by atoms with Crippen molar-refractivity contribution in [3.05, 3.63) is 48.4 Å². The summed E-state index contributed by atoms with van der Waals surface area (Å²) in [6.45, 7) is 3.25. The lowest BCUT2D eigenvalue weighted by Crippen LogP contribution is -2.34. The number of ether oxygens (including phenoxy) is 2. The van der Waals surface area contributed by atoms with E-state index >= 15 is 0 Å². The molecule has 0 unspecified atom stereocenters. The molecule has 0 radical (unpaired) electrons. The summed E-state index contributed by atoms with van der Waals surface area (Å²) in [4.78, 5) is 22.0. The Kier molecular flexibility index (Phi) is 4.71. The molecule has 0 aliphatic carbocycles. The summed E-state index contributed by atoms with van der Waals surface area (Å²) in [6.07, 6.45) is 5.50. The van der Waals surface area contributed by atoms with Crippen LogP contribution in [0.1, 0.15) is 12.0 Å². The van der Waals surface area contributed by atoms with E-state index in [4.69, 9.17) is 9.47 Å². The fourth-order valence-corrected chi connectivity index (χ4v) is 2.51. The first-order valence-electron chi connectivity index (χ1n) is 7.60. The highest BCUT2D eigenvalue weighted by Crippen LogP contribution is 2.17. The quantitative estimate of drug-likeness (QED) is 0.843. The topological polar surface area (TPSA) is 64.5 Å². The highest BCUT2D eigenvalue weighted by atomic mass is 16.5. The third-order valence-corrected chi connectivity index (χ3v) is 3.68. The molecule has 1 fully saturated rings. The zero-order chi connectivity index (χ0) is 16.1. The van der Waals surface area contributed by atoms with Crippen molar-refractivity contribution in [2.75, 3.05) is 19.7 Å². The predicted octanol–water partition coefficient (Wildman–Crippen LogP) is 1.84. The van der Waals surface area contributed by atoms with Crippen LogP contribution >= 0.6 is 0 Å². The monoisotopic (exact) mass is 313 g/mol. The number of benzene rings is 1. The van der Waals surface area contributed by atoms with Crippen LogP contribution in [0.4, 0.5) is 0 Å². The summed E-state index contributed by atoms with van der Waals surface area (Å²) in [7, 11) is 0. The Morgan fingerprint density at radius 3 is 3.09 bits per heavy atom. The molecule has 1 aliphatic heterocycles. The maximum atomic E-state index is 12.2. The largest absolute Gasteiger partial charge is 0.484 e. The van der Waals surface area contributed by atoms with Gasteiger partial charge in [-0.2, -0.15) is 0 Å². The number of aromatic nitrogens is 2. The molecule has 1 aromatic carbocycles. The van der Waals surface area contributed by atoms with E-state index in [0.29, 0.717) is 24.7 Å². The molecular weight excluding hydrogens is 294 g/mol.